The lowest BCUT2D eigenvalue weighted by molar-refractivity contribution is -0.143. The Labute approximate surface area is 184 Å². The van der Waals surface area contributed by atoms with Crippen LogP contribution in [0.4, 0.5) is 5.82 Å². The number of unbranched alkanes of at least 4 members (excludes halogenated alkanes) is 1. The number of rotatable bonds is 14. The van der Waals surface area contributed by atoms with Gasteiger partial charge in [-0.05, 0) is 63.2 Å². The number of methoxy groups -OCH3 is 1. The summed E-state index contributed by atoms with van der Waals surface area (Å²) in [5.74, 6) is 0.638. The number of aryl methyl sites for hydroxylation is 2. The summed E-state index contributed by atoms with van der Waals surface area (Å²) in [4.78, 5) is 23.5. The number of allylic oxidation sites excluding steroid dienone is 1. The summed E-state index contributed by atoms with van der Waals surface area (Å²) < 4.78 is 5.21. The maximum absolute atomic E-state index is 11.7. The van der Waals surface area contributed by atoms with Crippen LogP contribution in [0, 0.1) is 11.3 Å². The van der Waals surface area contributed by atoms with Crippen molar-refractivity contribution in [3.63, 3.8) is 0 Å². The van der Waals surface area contributed by atoms with E-state index in [1.807, 2.05) is 0 Å². The van der Waals surface area contributed by atoms with Crippen LogP contribution in [0.3, 0.4) is 0 Å². The van der Waals surface area contributed by atoms with E-state index in [-0.39, 0.29) is 12.0 Å². The van der Waals surface area contributed by atoms with Crippen molar-refractivity contribution < 1.29 is 14.4 Å². The van der Waals surface area contributed by atoms with Crippen molar-refractivity contribution in [1.82, 2.24) is 9.88 Å². The summed E-state index contributed by atoms with van der Waals surface area (Å²) in [5, 5.41) is 15.4. The molecule has 168 valence electrons. The first kappa shape index (κ1) is 24.5. The van der Waals surface area contributed by atoms with E-state index < -0.39 is 5.97 Å². The third kappa shape index (κ3) is 9.73. The molecule has 1 aromatic heterocycles. The molecular weight excluding hydrogens is 394 g/mol. The molecule has 1 N–H and O–H groups in total. The predicted molar refractivity (Wildman–Crippen MR) is 121 cm³/mol. The van der Waals surface area contributed by atoms with Crippen molar-refractivity contribution in [2.75, 3.05) is 45.2 Å². The Hall–Kier alpha value is -2.76. The molecule has 0 atom stereocenters. The number of ether oxygens (including phenoxy) is 1. The number of nitrogens with one attached hydrogen (secondary N) is 1. The molecule has 0 saturated carbocycles. The molecule has 0 fully saturated rings. The van der Waals surface area contributed by atoms with E-state index in [0.717, 1.165) is 69.6 Å². The van der Waals surface area contributed by atoms with E-state index >= 15 is 0 Å². The smallest absolute Gasteiger partial charge is 0.335 e. The number of anilines is 1. The number of carbonyl (C=O) groups is 1. The zero-order valence-corrected chi connectivity index (χ0v) is 18.4. The number of aromatic nitrogens is 1. The van der Waals surface area contributed by atoms with Crippen LogP contribution in [-0.4, -0.2) is 62.0 Å². The summed E-state index contributed by atoms with van der Waals surface area (Å²) >= 11 is 0. The molecule has 0 spiro atoms. The Morgan fingerprint density at radius 3 is 3.00 bits per heavy atom. The first-order chi connectivity index (χ1) is 15.1. The van der Waals surface area contributed by atoms with Gasteiger partial charge < -0.3 is 19.8 Å². The van der Waals surface area contributed by atoms with E-state index in [0.29, 0.717) is 13.0 Å². The second kappa shape index (κ2) is 14.3. The highest BCUT2D eigenvalue weighted by Gasteiger charge is 2.11. The van der Waals surface area contributed by atoms with Gasteiger partial charge in [-0.2, -0.15) is 5.26 Å². The highest BCUT2D eigenvalue weighted by molar-refractivity contribution is 5.82. The monoisotopic (exact) mass is 427 g/mol. The van der Waals surface area contributed by atoms with Gasteiger partial charge in [-0.1, -0.05) is 17.8 Å². The van der Waals surface area contributed by atoms with Gasteiger partial charge in [0.25, 0.3) is 0 Å². The quantitative estimate of drug-likeness (QED) is 0.160. The van der Waals surface area contributed by atoms with Crippen molar-refractivity contribution in [2.24, 2.45) is 5.16 Å². The Morgan fingerprint density at radius 2 is 2.19 bits per heavy atom. The van der Waals surface area contributed by atoms with Gasteiger partial charge in [0.15, 0.2) is 0 Å². The number of nitriles is 1. The third-order valence-electron chi connectivity index (χ3n) is 5.08. The minimum Gasteiger partial charge on any atom is -0.383 e. The van der Waals surface area contributed by atoms with Crippen molar-refractivity contribution in [2.45, 2.75) is 44.9 Å². The Kier molecular flexibility index (Phi) is 11.3. The molecule has 2 heterocycles. The number of hydrogen-bond acceptors (Lipinski definition) is 8. The zero-order chi connectivity index (χ0) is 22.3. The van der Waals surface area contributed by atoms with Crippen LogP contribution >= 0.6 is 0 Å². The first-order valence-electron chi connectivity index (χ1n) is 10.9. The first-order valence-corrected chi connectivity index (χ1v) is 10.9. The highest BCUT2D eigenvalue weighted by Crippen LogP contribution is 2.20. The molecule has 0 aliphatic carbocycles. The SMILES string of the molecule is C=C(C#N)/C=N/OC(=O)CCCN(CCCCc1ccc2c(n1)NCCC2)CCOC. The van der Waals surface area contributed by atoms with Crippen molar-refractivity contribution in [1.29, 1.82) is 5.26 Å². The van der Waals surface area contributed by atoms with E-state index in [2.05, 4.69) is 34.1 Å². The molecule has 0 saturated heterocycles. The number of pyridine rings is 1. The second-order valence-corrected chi connectivity index (χ2v) is 7.57. The fourth-order valence-corrected chi connectivity index (χ4v) is 3.38. The highest BCUT2D eigenvalue weighted by atomic mass is 16.7. The molecule has 1 aliphatic heterocycles. The van der Waals surface area contributed by atoms with E-state index in [4.69, 9.17) is 19.8 Å². The average Bonchev–Trinajstić information content (AvgIpc) is 2.79. The molecular formula is C23H33N5O3. The van der Waals surface area contributed by atoms with Crippen LogP contribution in [0.5, 0.6) is 0 Å². The molecule has 0 aromatic carbocycles. The maximum Gasteiger partial charge on any atom is 0.335 e. The Bertz CT molecular complexity index is 788. The molecule has 0 radical (unpaired) electrons. The Balaban J connectivity index is 1.67. The number of fused-ring (bicyclic) bond motifs is 1. The van der Waals surface area contributed by atoms with Gasteiger partial charge >= 0.3 is 5.97 Å². The van der Waals surface area contributed by atoms with Gasteiger partial charge in [0.05, 0.1) is 18.4 Å². The van der Waals surface area contributed by atoms with Crippen molar-refractivity contribution in [3.8, 4) is 6.07 Å². The van der Waals surface area contributed by atoms with Gasteiger partial charge in [0.1, 0.15) is 11.9 Å². The molecule has 0 unspecified atom stereocenters. The Morgan fingerprint density at radius 1 is 1.35 bits per heavy atom. The third-order valence-corrected chi connectivity index (χ3v) is 5.08. The number of hydrogen-bond donors (Lipinski definition) is 1. The lowest BCUT2D eigenvalue weighted by Crippen LogP contribution is -2.30. The minimum atomic E-state index is -0.416. The van der Waals surface area contributed by atoms with Crippen LogP contribution in [0.15, 0.2) is 29.4 Å². The summed E-state index contributed by atoms with van der Waals surface area (Å²) in [6.45, 7) is 7.65. The molecule has 8 heteroatoms. The molecule has 31 heavy (non-hydrogen) atoms. The van der Waals surface area contributed by atoms with E-state index in [1.165, 1.54) is 12.0 Å². The lowest BCUT2D eigenvalue weighted by Gasteiger charge is -2.21. The average molecular weight is 428 g/mol. The van der Waals surface area contributed by atoms with E-state index in [9.17, 15) is 4.79 Å². The number of carbonyl (C=O) groups excluding carboxylic acids is 1. The summed E-state index contributed by atoms with van der Waals surface area (Å²) in [5.41, 5.74) is 2.60. The molecule has 0 bridgehead atoms. The molecule has 2 rings (SSSR count). The van der Waals surface area contributed by atoms with Gasteiger partial charge in [-0.15, -0.1) is 0 Å². The topological polar surface area (TPSA) is 99.8 Å². The van der Waals surface area contributed by atoms with Gasteiger partial charge in [-0.25, -0.2) is 9.78 Å². The van der Waals surface area contributed by atoms with Crippen LogP contribution in [0.25, 0.3) is 0 Å². The van der Waals surface area contributed by atoms with Crippen LogP contribution in [0.2, 0.25) is 0 Å². The number of oxime groups is 1. The van der Waals surface area contributed by atoms with Crippen molar-refractivity contribution >= 4 is 18.0 Å². The minimum absolute atomic E-state index is 0.139. The number of nitrogens with zero attached hydrogens (tertiary/aromatic N) is 4. The van der Waals surface area contributed by atoms with Gasteiger partial charge in [0.2, 0.25) is 0 Å². The second-order valence-electron chi connectivity index (χ2n) is 7.57. The molecule has 1 aliphatic rings. The summed E-state index contributed by atoms with van der Waals surface area (Å²) in [7, 11) is 1.69. The van der Waals surface area contributed by atoms with E-state index in [1.54, 1.807) is 13.2 Å². The summed E-state index contributed by atoms with van der Waals surface area (Å²) in [6, 6.07) is 6.15. The predicted octanol–water partition coefficient (Wildman–Crippen LogP) is 3.10. The fraction of sp³-hybridized carbons (Fsp3) is 0.565. The normalized spacial score (nSPS) is 12.9. The standard InChI is InChI=1S/C23H33N5O3/c1-19(17-24)18-26-31-22(29)9-6-14-28(15-16-30-2)13-4-3-8-21-11-10-20-7-5-12-25-23(20)27-21/h10-11,18H,1,3-9,12-16H2,2H3,(H,25,27)/b26-18+. The lowest BCUT2D eigenvalue weighted by atomic mass is 10.1. The van der Waals surface area contributed by atoms with Crippen LogP contribution < -0.4 is 5.32 Å². The molecule has 8 nitrogen and oxygen atoms in total. The molecule has 1 aromatic rings. The largest absolute Gasteiger partial charge is 0.383 e. The van der Waals surface area contributed by atoms with Crippen LogP contribution in [-0.2, 0) is 27.2 Å². The zero-order valence-electron chi connectivity index (χ0n) is 18.4. The van der Waals surface area contributed by atoms with Crippen molar-refractivity contribution in [3.05, 3.63) is 35.5 Å². The maximum atomic E-state index is 11.7. The van der Waals surface area contributed by atoms with Gasteiger partial charge in [0, 0.05) is 32.3 Å². The summed E-state index contributed by atoms with van der Waals surface area (Å²) in [6.07, 6.45) is 7.45. The fourth-order valence-electron chi connectivity index (χ4n) is 3.38. The van der Waals surface area contributed by atoms with Gasteiger partial charge in [-0.3, -0.25) is 0 Å². The van der Waals surface area contributed by atoms with Crippen LogP contribution in [0.1, 0.15) is 43.4 Å². The molecule has 0 amide bonds.